The van der Waals surface area contributed by atoms with Gasteiger partial charge in [-0.3, -0.25) is 24.5 Å². The number of nitrogens with one attached hydrogen (secondary N) is 1. The number of nitrogens with zero attached hydrogens (tertiary/aromatic N) is 5. The van der Waals surface area contributed by atoms with E-state index in [0.29, 0.717) is 17.0 Å². The van der Waals surface area contributed by atoms with Crippen molar-refractivity contribution in [2.24, 2.45) is 10.2 Å². The van der Waals surface area contributed by atoms with E-state index in [4.69, 9.17) is 14.2 Å². The molecule has 0 aliphatic carbocycles. The molecule has 3 rings (SSSR count). The first-order chi connectivity index (χ1) is 19.2. The molecule has 0 aliphatic rings. The Labute approximate surface area is 232 Å². The molecule has 1 amide bonds. The molecule has 0 atom stereocenters. The number of methoxy groups -OCH3 is 1. The van der Waals surface area contributed by atoms with Gasteiger partial charge in [-0.1, -0.05) is 18.2 Å². The molecule has 0 unspecified atom stereocenters. The minimum absolute atomic E-state index is 0.0363. The fourth-order valence-electron chi connectivity index (χ4n) is 3.37. The maximum Gasteiger partial charge on any atom is 0.345 e. The zero-order valence-corrected chi connectivity index (χ0v) is 22.7. The molecule has 2 aromatic carbocycles. The lowest BCUT2D eigenvalue weighted by atomic mass is 10.1. The number of azo groups is 1. The summed E-state index contributed by atoms with van der Waals surface area (Å²) in [6.45, 7) is 3.08. The lowest BCUT2D eigenvalue weighted by Gasteiger charge is -2.27. The van der Waals surface area contributed by atoms with Crippen LogP contribution in [0.1, 0.15) is 24.2 Å². The van der Waals surface area contributed by atoms with Crippen molar-refractivity contribution in [2.75, 3.05) is 43.6 Å². The van der Waals surface area contributed by atoms with E-state index in [9.17, 15) is 24.5 Å². The van der Waals surface area contributed by atoms with Gasteiger partial charge in [-0.05, 0) is 29.5 Å². The highest BCUT2D eigenvalue weighted by atomic mass is 32.1. The Kier molecular flexibility index (Phi) is 10.6. The Hall–Kier alpha value is -4.92. The van der Waals surface area contributed by atoms with Gasteiger partial charge in [0.1, 0.15) is 30.8 Å². The number of aromatic nitrogens is 1. The lowest BCUT2D eigenvalue weighted by molar-refractivity contribution is -0.380. The Morgan fingerprint density at radius 3 is 2.25 bits per heavy atom. The highest BCUT2D eigenvalue weighted by Crippen LogP contribution is 2.40. The molecule has 0 radical (unpaired) electrons. The molecule has 40 heavy (non-hydrogen) atoms. The van der Waals surface area contributed by atoms with E-state index in [1.807, 2.05) is 0 Å². The molecule has 0 bridgehead atoms. The molecule has 1 aromatic heterocycles. The molecule has 15 heteroatoms. The van der Waals surface area contributed by atoms with Crippen molar-refractivity contribution >= 4 is 56.4 Å². The van der Waals surface area contributed by atoms with Crippen LogP contribution in [-0.4, -0.2) is 61.2 Å². The van der Waals surface area contributed by atoms with E-state index in [1.165, 1.54) is 27.0 Å². The number of esters is 2. The lowest BCUT2D eigenvalue weighted by Crippen LogP contribution is -2.32. The number of hydrogen-bond acceptors (Lipinski definition) is 13. The summed E-state index contributed by atoms with van der Waals surface area (Å²) in [5.74, 6) is -1.02. The normalized spacial score (nSPS) is 10.7. The quantitative estimate of drug-likeness (QED) is 0.132. The number of carbonyl (C=O) groups is 3. The van der Waals surface area contributed by atoms with Crippen LogP contribution in [0.25, 0.3) is 0 Å². The summed E-state index contributed by atoms with van der Waals surface area (Å²) in [5, 5.41) is 21.8. The minimum atomic E-state index is -0.583. The Morgan fingerprint density at radius 1 is 1.05 bits per heavy atom. The predicted octanol–water partition coefficient (Wildman–Crippen LogP) is 4.66. The number of amides is 1. The van der Waals surface area contributed by atoms with Gasteiger partial charge in [-0.25, -0.2) is 4.98 Å². The van der Waals surface area contributed by atoms with Gasteiger partial charge in [-0.2, -0.15) is 0 Å². The van der Waals surface area contributed by atoms with Gasteiger partial charge in [0.25, 0.3) is 5.91 Å². The van der Waals surface area contributed by atoms with Crippen LogP contribution in [0, 0.1) is 10.1 Å². The number of nitro groups is 1. The molecule has 1 heterocycles. The molecular weight excluding hydrogens is 544 g/mol. The van der Waals surface area contributed by atoms with Gasteiger partial charge in [0.05, 0.1) is 36.5 Å². The molecule has 0 saturated carbocycles. The highest BCUT2D eigenvalue weighted by Gasteiger charge is 2.20. The number of anilines is 2. The third-order valence-electron chi connectivity index (χ3n) is 5.16. The van der Waals surface area contributed by atoms with E-state index >= 15 is 0 Å². The smallest absolute Gasteiger partial charge is 0.345 e. The van der Waals surface area contributed by atoms with Gasteiger partial charge in [0, 0.05) is 25.5 Å². The highest BCUT2D eigenvalue weighted by molar-refractivity contribution is 7.18. The predicted molar refractivity (Wildman–Crippen MR) is 146 cm³/mol. The summed E-state index contributed by atoms with van der Waals surface area (Å²) in [6.07, 6.45) is 1.07. The summed E-state index contributed by atoms with van der Waals surface area (Å²) < 4.78 is 15.8. The summed E-state index contributed by atoms with van der Waals surface area (Å²) in [6, 6.07) is 11.6. The largest absolute Gasteiger partial charge is 0.494 e. The van der Waals surface area contributed by atoms with Crippen LogP contribution in [0.15, 0.2) is 58.9 Å². The van der Waals surface area contributed by atoms with Gasteiger partial charge >= 0.3 is 16.9 Å². The monoisotopic (exact) mass is 570 g/mol. The molecule has 0 saturated heterocycles. The van der Waals surface area contributed by atoms with Gasteiger partial charge < -0.3 is 24.4 Å². The van der Waals surface area contributed by atoms with Crippen molar-refractivity contribution in [1.29, 1.82) is 0 Å². The third kappa shape index (κ3) is 8.56. The number of thiazole rings is 1. The molecule has 3 aromatic rings. The number of rotatable bonds is 13. The molecule has 0 aliphatic heterocycles. The summed E-state index contributed by atoms with van der Waals surface area (Å²) in [5.41, 5.74) is 1.29. The van der Waals surface area contributed by atoms with Crippen LogP contribution < -0.4 is 15.0 Å². The Morgan fingerprint density at radius 2 is 1.70 bits per heavy atom. The van der Waals surface area contributed by atoms with Crippen LogP contribution >= 0.6 is 11.3 Å². The fraction of sp³-hybridized carbons (Fsp3) is 0.280. The van der Waals surface area contributed by atoms with E-state index in [0.717, 1.165) is 17.5 Å². The summed E-state index contributed by atoms with van der Waals surface area (Å²) >= 11 is 0.737. The van der Waals surface area contributed by atoms with E-state index in [1.54, 1.807) is 41.3 Å². The maximum absolute atomic E-state index is 13.0. The topological polar surface area (TPSA) is 175 Å². The average Bonchev–Trinajstić information content (AvgIpc) is 3.41. The summed E-state index contributed by atoms with van der Waals surface area (Å²) in [7, 11) is 1.43. The van der Waals surface area contributed by atoms with Crippen LogP contribution in [0.3, 0.4) is 0 Å². The number of hydrogen-bond donors (Lipinski definition) is 1. The van der Waals surface area contributed by atoms with Gasteiger partial charge in [-0.15, -0.1) is 10.2 Å². The first-order valence-corrected chi connectivity index (χ1v) is 12.6. The number of benzene rings is 2. The fourth-order valence-corrected chi connectivity index (χ4v) is 3.92. The molecule has 0 fully saturated rings. The van der Waals surface area contributed by atoms with E-state index < -0.39 is 22.8 Å². The minimum Gasteiger partial charge on any atom is -0.494 e. The molecular formula is C25H26N6O8S. The summed E-state index contributed by atoms with van der Waals surface area (Å²) in [4.78, 5) is 51.7. The molecule has 0 spiro atoms. The van der Waals surface area contributed by atoms with Crippen molar-refractivity contribution in [3.05, 3.63) is 64.3 Å². The van der Waals surface area contributed by atoms with Crippen LogP contribution in [0.5, 0.6) is 5.75 Å². The van der Waals surface area contributed by atoms with Crippen molar-refractivity contribution in [3.8, 4) is 5.75 Å². The second-order valence-electron chi connectivity index (χ2n) is 7.97. The SMILES string of the molecule is COc1cc(N=Nc2ncc([N+](=O)[O-])s2)c(NC(=O)c2ccccc2)cc1N(CCOC(C)=O)CCOC(C)=O. The third-order valence-corrected chi connectivity index (χ3v) is 5.99. The Balaban J connectivity index is 2.03. The molecule has 1 N–H and O–H groups in total. The number of ether oxygens (including phenoxy) is 3. The van der Waals surface area contributed by atoms with E-state index in [-0.39, 0.29) is 47.8 Å². The van der Waals surface area contributed by atoms with Crippen molar-refractivity contribution in [3.63, 3.8) is 0 Å². The molecule has 210 valence electrons. The standard InChI is InChI=1S/C25H26N6O8S/c1-16(32)38-11-9-30(10-12-39-17(2)33)21-13-19(27-24(34)18-7-5-4-6-8-18)20(14-22(21)37-3)28-29-25-26-15-23(40-25)31(35)36/h4-8,13-15H,9-12H2,1-3H3,(H,27,34). The van der Waals surface area contributed by atoms with Crippen LogP contribution in [0.4, 0.5) is 27.2 Å². The van der Waals surface area contributed by atoms with Gasteiger partial charge in [0.15, 0.2) is 0 Å². The average molecular weight is 571 g/mol. The second-order valence-corrected chi connectivity index (χ2v) is 8.95. The Bertz CT molecular complexity index is 1380. The first kappa shape index (κ1) is 29.6. The maximum atomic E-state index is 13.0. The van der Waals surface area contributed by atoms with Crippen molar-refractivity contribution in [1.82, 2.24) is 4.98 Å². The van der Waals surface area contributed by atoms with Gasteiger partial charge in [0.2, 0.25) is 5.13 Å². The number of carbonyl (C=O) groups excluding carboxylic acids is 3. The zero-order valence-electron chi connectivity index (χ0n) is 21.9. The second kappa shape index (κ2) is 14.3. The van der Waals surface area contributed by atoms with Crippen LogP contribution in [-0.2, 0) is 19.1 Å². The van der Waals surface area contributed by atoms with Crippen molar-refractivity contribution < 1.29 is 33.5 Å². The molecule has 14 nitrogen and oxygen atoms in total. The van der Waals surface area contributed by atoms with Crippen molar-refractivity contribution in [2.45, 2.75) is 13.8 Å². The zero-order chi connectivity index (χ0) is 29.1. The van der Waals surface area contributed by atoms with E-state index in [2.05, 4.69) is 20.5 Å². The first-order valence-electron chi connectivity index (χ1n) is 11.8. The van der Waals surface area contributed by atoms with Crippen LogP contribution in [0.2, 0.25) is 0 Å².